The van der Waals surface area contributed by atoms with E-state index < -0.39 is 0 Å². The third kappa shape index (κ3) is 3.76. The topological polar surface area (TPSA) is 45.0 Å². The second kappa shape index (κ2) is 6.81. The predicted octanol–water partition coefficient (Wildman–Crippen LogP) is 4.44. The van der Waals surface area contributed by atoms with E-state index in [0.717, 1.165) is 17.0 Å². The van der Waals surface area contributed by atoms with Crippen molar-refractivity contribution in [3.05, 3.63) is 59.2 Å². The number of anilines is 1. The zero-order valence-corrected chi connectivity index (χ0v) is 12.7. The summed E-state index contributed by atoms with van der Waals surface area (Å²) in [6.45, 7) is 6.74. The van der Waals surface area contributed by atoms with Crippen molar-refractivity contribution in [2.45, 2.75) is 26.8 Å². The first-order valence-electron chi connectivity index (χ1n) is 7.14. The number of aryl methyl sites for hydroxylation is 1. The SMILES string of the molecule is CCOc1cc(C)ccc1NC(C)c1cccc(C#N)c1. The van der Waals surface area contributed by atoms with Gasteiger partial charge in [0.25, 0.3) is 0 Å². The monoisotopic (exact) mass is 280 g/mol. The minimum absolute atomic E-state index is 0.0974. The Kier molecular flexibility index (Phi) is 4.84. The lowest BCUT2D eigenvalue weighted by Crippen LogP contribution is -2.08. The number of hydrogen-bond donors (Lipinski definition) is 1. The first kappa shape index (κ1) is 14.9. The number of nitrogens with one attached hydrogen (secondary N) is 1. The van der Waals surface area contributed by atoms with Crippen molar-refractivity contribution < 1.29 is 4.74 Å². The summed E-state index contributed by atoms with van der Waals surface area (Å²) in [6.07, 6.45) is 0. The lowest BCUT2D eigenvalue weighted by Gasteiger charge is -2.19. The molecule has 3 heteroatoms. The van der Waals surface area contributed by atoms with Gasteiger partial charge in [0.15, 0.2) is 0 Å². The summed E-state index contributed by atoms with van der Waals surface area (Å²) in [6, 6.07) is 16.0. The summed E-state index contributed by atoms with van der Waals surface area (Å²) in [5.74, 6) is 0.862. The molecule has 0 spiro atoms. The molecule has 2 rings (SSSR count). The van der Waals surface area contributed by atoms with E-state index in [1.807, 2.05) is 50.2 Å². The van der Waals surface area contributed by atoms with E-state index in [1.165, 1.54) is 5.56 Å². The van der Waals surface area contributed by atoms with Crippen LogP contribution in [0.2, 0.25) is 0 Å². The van der Waals surface area contributed by atoms with Crippen LogP contribution in [0.4, 0.5) is 5.69 Å². The van der Waals surface area contributed by atoms with Gasteiger partial charge >= 0.3 is 0 Å². The molecule has 21 heavy (non-hydrogen) atoms. The Hall–Kier alpha value is -2.47. The van der Waals surface area contributed by atoms with E-state index in [9.17, 15) is 0 Å². The fraction of sp³-hybridized carbons (Fsp3) is 0.278. The van der Waals surface area contributed by atoms with E-state index in [2.05, 4.69) is 24.4 Å². The number of nitrogens with zero attached hydrogens (tertiary/aromatic N) is 1. The minimum Gasteiger partial charge on any atom is -0.492 e. The molecular formula is C18H20N2O. The standard InChI is InChI=1S/C18H20N2O/c1-4-21-18-10-13(2)8-9-17(18)20-14(3)16-7-5-6-15(11-16)12-19/h5-11,14,20H,4H2,1-3H3. The summed E-state index contributed by atoms with van der Waals surface area (Å²) >= 11 is 0. The Balaban J connectivity index is 2.22. The van der Waals surface area contributed by atoms with E-state index in [1.54, 1.807) is 0 Å². The molecule has 0 aliphatic rings. The van der Waals surface area contributed by atoms with Crippen molar-refractivity contribution in [3.63, 3.8) is 0 Å². The molecule has 1 N–H and O–H groups in total. The summed E-state index contributed by atoms with van der Waals surface area (Å²) in [7, 11) is 0. The first-order valence-corrected chi connectivity index (χ1v) is 7.14. The Bertz CT molecular complexity index is 659. The summed E-state index contributed by atoms with van der Waals surface area (Å²) < 4.78 is 5.68. The van der Waals surface area contributed by atoms with Gasteiger partial charge in [0.2, 0.25) is 0 Å². The first-order chi connectivity index (χ1) is 10.1. The van der Waals surface area contributed by atoms with Crippen LogP contribution in [0.3, 0.4) is 0 Å². The number of rotatable bonds is 5. The maximum absolute atomic E-state index is 8.99. The maximum Gasteiger partial charge on any atom is 0.142 e. The second-order valence-corrected chi connectivity index (χ2v) is 5.04. The minimum atomic E-state index is 0.0974. The fourth-order valence-corrected chi connectivity index (χ4v) is 2.22. The average Bonchev–Trinajstić information content (AvgIpc) is 2.50. The van der Waals surface area contributed by atoms with Crippen LogP contribution in [0, 0.1) is 18.3 Å². The number of benzene rings is 2. The van der Waals surface area contributed by atoms with E-state index >= 15 is 0 Å². The van der Waals surface area contributed by atoms with Gasteiger partial charge in [-0.3, -0.25) is 0 Å². The molecular weight excluding hydrogens is 260 g/mol. The van der Waals surface area contributed by atoms with Crippen LogP contribution in [-0.4, -0.2) is 6.61 Å². The smallest absolute Gasteiger partial charge is 0.142 e. The van der Waals surface area contributed by atoms with Crippen LogP contribution in [0.1, 0.15) is 36.6 Å². The van der Waals surface area contributed by atoms with Crippen molar-refractivity contribution >= 4 is 5.69 Å². The third-order valence-electron chi connectivity index (χ3n) is 3.32. The highest BCUT2D eigenvalue weighted by atomic mass is 16.5. The zero-order chi connectivity index (χ0) is 15.2. The van der Waals surface area contributed by atoms with Gasteiger partial charge in [-0.15, -0.1) is 0 Å². The molecule has 0 heterocycles. The Labute approximate surface area is 126 Å². The van der Waals surface area contributed by atoms with Crippen LogP contribution in [0.25, 0.3) is 0 Å². The van der Waals surface area contributed by atoms with E-state index in [-0.39, 0.29) is 6.04 Å². The van der Waals surface area contributed by atoms with Gasteiger partial charge in [0, 0.05) is 6.04 Å². The average molecular weight is 280 g/mol. The van der Waals surface area contributed by atoms with Crippen molar-refractivity contribution in [2.24, 2.45) is 0 Å². The molecule has 0 fully saturated rings. The Morgan fingerprint density at radius 2 is 2.05 bits per heavy atom. The van der Waals surface area contributed by atoms with Crippen LogP contribution < -0.4 is 10.1 Å². The largest absolute Gasteiger partial charge is 0.492 e. The van der Waals surface area contributed by atoms with Crippen LogP contribution in [0.15, 0.2) is 42.5 Å². The molecule has 0 bridgehead atoms. The van der Waals surface area contributed by atoms with Gasteiger partial charge in [-0.2, -0.15) is 5.26 Å². The van der Waals surface area contributed by atoms with Crippen molar-refractivity contribution in [3.8, 4) is 11.8 Å². The molecule has 108 valence electrons. The molecule has 0 aliphatic heterocycles. The third-order valence-corrected chi connectivity index (χ3v) is 3.32. The highest BCUT2D eigenvalue weighted by Crippen LogP contribution is 2.29. The quantitative estimate of drug-likeness (QED) is 0.880. The molecule has 0 radical (unpaired) electrons. The molecule has 0 amide bonds. The molecule has 0 saturated heterocycles. The van der Waals surface area contributed by atoms with Crippen molar-refractivity contribution in [1.29, 1.82) is 5.26 Å². The van der Waals surface area contributed by atoms with Gasteiger partial charge in [-0.1, -0.05) is 18.2 Å². The van der Waals surface area contributed by atoms with Gasteiger partial charge in [-0.25, -0.2) is 0 Å². The molecule has 0 aliphatic carbocycles. The molecule has 2 aromatic rings. The molecule has 3 nitrogen and oxygen atoms in total. The van der Waals surface area contributed by atoms with Crippen LogP contribution in [-0.2, 0) is 0 Å². The van der Waals surface area contributed by atoms with Crippen molar-refractivity contribution in [1.82, 2.24) is 0 Å². The van der Waals surface area contributed by atoms with Crippen molar-refractivity contribution in [2.75, 3.05) is 11.9 Å². The number of nitriles is 1. The number of ether oxygens (including phenoxy) is 1. The Morgan fingerprint density at radius 3 is 2.76 bits per heavy atom. The predicted molar refractivity (Wildman–Crippen MR) is 85.5 cm³/mol. The molecule has 1 atom stereocenters. The van der Waals surface area contributed by atoms with Gasteiger partial charge < -0.3 is 10.1 Å². The van der Waals surface area contributed by atoms with Gasteiger partial charge in [0.1, 0.15) is 5.75 Å². The van der Waals surface area contributed by atoms with E-state index in [0.29, 0.717) is 12.2 Å². The maximum atomic E-state index is 8.99. The van der Waals surface area contributed by atoms with Gasteiger partial charge in [0.05, 0.1) is 23.9 Å². The normalized spacial score (nSPS) is 11.5. The molecule has 0 aromatic heterocycles. The van der Waals surface area contributed by atoms with E-state index in [4.69, 9.17) is 10.00 Å². The number of hydrogen-bond acceptors (Lipinski definition) is 3. The summed E-state index contributed by atoms with van der Waals surface area (Å²) in [4.78, 5) is 0. The molecule has 0 saturated carbocycles. The summed E-state index contributed by atoms with van der Waals surface area (Å²) in [5.41, 5.74) is 3.90. The zero-order valence-electron chi connectivity index (χ0n) is 12.7. The highest BCUT2D eigenvalue weighted by molar-refractivity contribution is 5.59. The second-order valence-electron chi connectivity index (χ2n) is 5.04. The van der Waals surface area contributed by atoms with Crippen LogP contribution in [0.5, 0.6) is 5.75 Å². The summed E-state index contributed by atoms with van der Waals surface area (Å²) in [5, 5.41) is 12.4. The van der Waals surface area contributed by atoms with Crippen LogP contribution >= 0.6 is 0 Å². The van der Waals surface area contributed by atoms with Gasteiger partial charge in [-0.05, 0) is 56.2 Å². The lowest BCUT2D eigenvalue weighted by molar-refractivity contribution is 0.341. The molecule has 1 unspecified atom stereocenters. The fourth-order valence-electron chi connectivity index (χ4n) is 2.22. The lowest BCUT2D eigenvalue weighted by atomic mass is 10.1. The highest BCUT2D eigenvalue weighted by Gasteiger charge is 2.10. The molecule has 2 aromatic carbocycles. The Morgan fingerprint density at radius 1 is 1.24 bits per heavy atom.